The number of nitrogens with zero attached hydrogens (tertiary/aromatic N) is 2. The van der Waals surface area contributed by atoms with Crippen molar-refractivity contribution in [3.05, 3.63) is 130 Å². The number of hydrogen-bond donors (Lipinski definition) is 4. The number of hydrogen-bond acceptors (Lipinski definition) is 9. The first-order valence-corrected chi connectivity index (χ1v) is 28.6. The summed E-state index contributed by atoms with van der Waals surface area (Å²) in [5.41, 5.74) is 6.40. The molecule has 0 bridgehead atoms. The van der Waals surface area contributed by atoms with E-state index in [9.17, 15) is 19.5 Å². The molecule has 4 aromatic carbocycles. The largest absolute Gasteiger partial charge is 0.506 e. The first kappa shape index (κ1) is 51.1. The molecule has 2 unspecified atom stereocenters. The summed E-state index contributed by atoms with van der Waals surface area (Å²) in [4.78, 5) is 46.3. The minimum absolute atomic E-state index is 0.0223. The molecule has 2 aliphatic carbocycles. The van der Waals surface area contributed by atoms with Crippen LogP contribution < -0.4 is 16.2 Å². The van der Waals surface area contributed by atoms with Gasteiger partial charge in [0, 0.05) is 62.3 Å². The second-order valence-electron chi connectivity index (χ2n) is 21.4. The molecule has 5 aromatic rings. The number of aromatic hydroxyl groups is 1. The molecular formula is C57H75N5O7Si. The Balaban J connectivity index is 0.736. The van der Waals surface area contributed by atoms with Crippen molar-refractivity contribution in [2.75, 3.05) is 57.8 Å². The van der Waals surface area contributed by atoms with Gasteiger partial charge in [-0.2, -0.15) is 0 Å². The molecule has 2 saturated carbocycles. The van der Waals surface area contributed by atoms with Gasteiger partial charge in [-0.1, -0.05) is 112 Å². The molecule has 3 aliphatic rings. The number of likely N-dealkylation sites (tertiary alicyclic amines) is 1. The molecule has 8 rings (SSSR count). The number of benzene rings is 4. The van der Waals surface area contributed by atoms with Crippen molar-refractivity contribution in [3.8, 4) is 16.9 Å². The monoisotopic (exact) mass is 970 g/mol. The Morgan fingerprint density at radius 2 is 1.54 bits per heavy atom. The van der Waals surface area contributed by atoms with Crippen LogP contribution in [0.3, 0.4) is 0 Å². The van der Waals surface area contributed by atoms with Gasteiger partial charge in [-0.05, 0) is 109 Å². The van der Waals surface area contributed by atoms with E-state index >= 15 is 0 Å². The van der Waals surface area contributed by atoms with E-state index in [0.29, 0.717) is 56.6 Å². The smallest absolute Gasteiger partial charge is 0.411 e. The molecule has 2 heterocycles. The van der Waals surface area contributed by atoms with Gasteiger partial charge in [-0.15, -0.1) is 0 Å². The average Bonchev–Trinajstić information content (AvgIpc) is 4.09. The fraction of sp³-hybridized carbons (Fsp3) is 0.491. The van der Waals surface area contributed by atoms with Crippen molar-refractivity contribution in [2.24, 2.45) is 11.8 Å². The minimum atomic E-state index is -2.23. The maximum atomic E-state index is 13.7. The number of ether oxygens (including phenoxy) is 2. The highest BCUT2D eigenvalue weighted by atomic mass is 28.4. The van der Waals surface area contributed by atoms with Crippen LogP contribution in [0.1, 0.15) is 88.5 Å². The van der Waals surface area contributed by atoms with E-state index in [4.69, 9.17) is 13.9 Å². The van der Waals surface area contributed by atoms with Gasteiger partial charge in [0.2, 0.25) is 11.5 Å². The van der Waals surface area contributed by atoms with Gasteiger partial charge in [0.1, 0.15) is 11.9 Å². The van der Waals surface area contributed by atoms with Crippen LogP contribution in [0.25, 0.3) is 22.0 Å². The van der Waals surface area contributed by atoms with E-state index in [1.165, 1.54) is 17.2 Å². The third-order valence-electron chi connectivity index (χ3n) is 15.5. The summed E-state index contributed by atoms with van der Waals surface area (Å²) >= 11 is 0. The molecule has 2 amide bonds. The predicted molar refractivity (Wildman–Crippen MR) is 282 cm³/mol. The number of anilines is 1. The Morgan fingerprint density at radius 3 is 2.26 bits per heavy atom. The second kappa shape index (κ2) is 23.3. The zero-order chi connectivity index (χ0) is 49.3. The molecule has 1 saturated heterocycles. The van der Waals surface area contributed by atoms with E-state index in [0.717, 1.165) is 98.8 Å². The third kappa shape index (κ3) is 13.1. The quantitative estimate of drug-likeness (QED) is 0.0417. The highest BCUT2D eigenvalue weighted by molar-refractivity contribution is 6.74. The number of rotatable bonds is 21. The number of amides is 2. The first-order valence-electron chi connectivity index (χ1n) is 25.7. The highest BCUT2D eigenvalue weighted by Gasteiger charge is 2.42. The van der Waals surface area contributed by atoms with Crippen LogP contribution in [-0.2, 0) is 31.5 Å². The molecular weight excluding hydrogens is 895 g/mol. The van der Waals surface area contributed by atoms with Gasteiger partial charge < -0.3 is 39.1 Å². The molecule has 1 aliphatic heterocycles. The summed E-state index contributed by atoms with van der Waals surface area (Å²) in [6, 6.07) is 33.8. The van der Waals surface area contributed by atoms with E-state index in [2.05, 4.69) is 83.5 Å². The van der Waals surface area contributed by atoms with Crippen LogP contribution in [0.4, 0.5) is 10.5 Å². The van der Waals surface area contributed by atoms with Crippen molar-refractivity contribution >= 4 is 36.9 Å². The number of phenols is 1. The lowest BCUT2D eigenvalue weighted by molar-refractivity contribution is -0.134. The fourth-order valence-corrected chi connectivity index (χ4v) is 11.8. The number of nitrogens with one attached hydrogen (secondary N) is 3. The summed E-state index contributed by atoms with van der Waals surface area (Å²) in [5.74, 6) is 1.28. The Kier molecular flexibility index (Phi) is 17.0. The lowest BCUT2D eigenvalue weighted by atomic mass is 10.0. The van der Waals surface area contributed by atoms with Gasteiger partial charge in [-0.3, -0.25) is 14.9 Å². The third-order valence-corrected chi connectivity index (χ3v) is 20.0. The number of carbonyl (C=O) groups is 2. The summed E-state index contributed by atoms with van der Waals surface area (Å²) in [7, 11) is -2.23. The normalized spacial score (nSPS) is 19.1. The van der Waals surface area contributed by atoms with Crippen molar-refractivity contribution in [3.63, 3.8) is 0 Å². The number of aromatic amines is 1. The number of H-pyrrole nitrogens is 1. The van der Waals surface area contributed by atoms with Gasteiger partial charge in [-0.25, -0.2) is 4.79 Å². The zero-order valence-corrected chi connectivity index (χ0v) is 43.0. The van der Waals surface area contributed by atoms with Crippen molar-refractivity contribution in [1.82, 2.24) is 20.1 Å². The molecule has 70 heavy (non-hydrogen) atoms. The van der Waals surface area contributed by atoms with Gasteiger partial charge in [0.15, 0.2) is 8.32 Å². The molecule has 3 fully saturated rings. The molecule has 12 nitrogen and oxygen atoms in total. The first-order chi connectivity index (χ1) is 33.7. The van der Waals surface area contributed by atoms with Crippen molar-refractivity contribution in [2.45, 2.75) is 115 Å². The molecule has 0 spiro atoms. The maximum Gasteiger partial charge on any atom is 0.411 e. The van der Waals surface area contributed by atoms with E-state index in [1.54, 1.807) is 12.1 Å². The van der Waals surface area contributed by atoms with Gasteiger partial charge in [0.05, 0.1) is 36.9 Å². The fourth-order valence-electron chi connectivity index (χ4n) is 10.6. The van der Waals surface area contributed by atoms with Crippen LogP contribution >= 0.6 is 0 Å². The van der Waals surface area contributed by atoms with Crippen LogP contribution in [0, 0.1) is 11.8 Å². The van der Waals surface area contributed by atoms with Crippen LogP contribution in [0.5, 0.6) is 5.75 Å². The van der Waals surface area contributed by atoms with E-state index in [-0.39, 0.29) is 46.6 Å². The SMILES string of the molecule is CC(C)(C)[Si](C)(C)O[C@@H](CNCCN(C(=O)CCOCCc1ccc(CCN2CC3CC(OC(=O)Nc4ccccc4-c4ccccc4)C[C@@H]3C2)cc1)C1CCCC1)c1ccc(O)c2[nH]c(=O)ccc12. The summed E-state index contributed by atoms with van der Waals surface area (Å²) in [5, 5.41) is 18.0. The number of phenolic OH excluding ortho intramolecular Hbond substituents is 1. The molecule has 4 N–H and O–H groups in total. The van der Waals surface area contributed by atoms with Crippen LogP contribution in [0.2, 0.25) is 18.1 Å². The number of aromatic nitrogens is 1. The van der Waals surface area contributed by atoms with Crippen molar-refractivity contribution in [1.29, 1.82) is 0 Å². The second-order valence-corrected chi connectivity index (χ2v) is 26.1. The van der Waals surface area contributed by atoms with Gasteiger partial charge >= 0.3 is 6.09 Å². The molecule has 374 valence electrons. The molecule has 1 aromatic heterocycles. The summed E-state index contributed by atoms with van der Waals surface area (Å²) in [6.07, 6.45) is 7.58. The minimum Gasteiger partial charge on any atom is -0.506 e. The molecule has 4 atom stereocenters. The summed E-state index contributed by atoms with van der Waals surface area (Å²) < 4.78 is 19.0. The lowest BCUT2D eigenvalue weighted by Gasteiger charge is -2.40. The molecule has 13 heteroatoms. The Labute approximate surface area is 415 Å². The van der Waals surface area contributed by atoms with E-state index < -0.39 is 8.32 Å². The zero-order valence-electron chi connectivity index (χ0n) is 42.0. The molecule has 0 radical (unpaired) electrons. The number of pyridine rings is 1. The number of fused-ring (bicyclic) bond motifs is 2. The number of carbonyl (C=O) groups excluding carboxylic acids is 2. The highest BCUT2D eigenvalue weighted by Crippen LogP contribution is 2.42. The Morgan fingerprint density at radius 1 is 0.857 bits per heavy atom. The van der Waals surface area contributed by atoms with Crippen LogP contribution in [-0.4, -0.2) is 105 Å². The number of para-hydroxylation sites is 1. The Bertz CT molecular complexity index is 2560. The topological polar surface area (TPSA) is 145 Å². The summed E-state index contributed by atoms with van der Waals surface area (Å²) in [6.45, 7) is 16.9. The van der Waals surface area contributed by atoms with Gasteiger partial charge in [0.25, 0.3) is 0 Å². The van der Waals surface area contributed by atoms with Crippen molar-refractivity contribution < 1.29 is 28.6 Å². The standard InChI is InChI=1S/C57H75N5O7Si/c1-57(2,3)70(4,5)69-52(48-23-25-51(63)55-49(48)24-26-53(64)60-55)37-58-30-32-62(45-15-9-10-16-45)54(65)29-34-67-33-28-41-21-19-40(20-22-41)27-31-61-38-43-35-46(36-44(43)39-61)68-56(66)59-50-18-12-11-17-47(50)42-13-7-6-8-14-42/h6-8,11-14,17-26,43-46,52,58,63H,9-10,15-16,27-39H2,1-5H3,(H,59,66)(H,60,64)/t43-,44?,46?,52+/m1/s1. The average molecular weight is 970 g/mol. The maximum absolute atomic E-state index is 13.7. The van der Waals surface area contributed by atoms with E-state index in [1.807, 2.05) is 60.7 Å². The predicted octanol–water partition coefficient (Wildman–Crippen LogP) is 10.5. The lowest BCUT2D eigenvalue weighted by Crippen LogP contribution is -2.45. The Hall–Kier alpha value is -5.31. The van der Waals surface area contributed by atoms with Crippen LogP contribution in [0.15, 0.2) is 108 Å².